The second-order valence-corrected chi connectivity index (χ2v) is 4.75. The average Bonchev–Trinajstić information content (AvgIpc) is 2.70. The van der Waals surface area contributed by atoms with E-state index in [4.69, 9.17) is 0 Å². The van der Waals surface area contributed by atoms with E-state index in [-0.39, 0.29) is 11.9 Å². The summed E-state index contributed by atoms with van der Waals surface area (Å²) < 4.78 is 37.9. The number of nitrogens with one attached hydrogen (secondary N) is 1. The third kappa shape index (κ3) is 2.61. The number of thioether (sulfide) groups is 1. The fourth-order valence-corrected chi connectivity index (χ4v) is 2.74. The van der Waals surface area contributed by atoms with Crippen LogP contribution in [0.25, 0.3) is 0 Å². The van der Waals surface area contributed by atoms with Crippen molar-refractivity contribution in [3.8, 4) is 0 Å². The summed E-state index contributed by atoms with van der Waals surface area (Å²) in [6.45, 7) is 0. The Kier molecular flexibility index (Phi) is 3.28. The molecule has 1 saturated heterocycles. The van der Waals surface area contributed by atoms with Gasteiger partial charge in [-0.15, -0.1) is 0 Å². The minimum Gasteiger partial charge on any atom is -0.366 e. The Bertz CT molecular complexity index is 361. The number of nitrogens with zero attached hydrogens (tertiary/aromatic N) is 1. The van der Waals surface area contributed by atoms with Gasteiger partial charge in [-0.2, -0.15) is 24.9 Å². The van der Waals surface area contributed by atoms with Crippen LogP contribution < -0.4 is 5.32 Å². The lowest BCUT2D eigenvalue weighted by Crippen LogP contribution is -2.22. The number of hydrogen-bond donors (Lipinski definition) is 1. The Morgan fingerprint density at radius 2 is 2.25 bits per heavy atom. The third-order valence-electron chi connectivity index (χ3n) is 2.38. The SMILES string of the molecule is FC(F)(F)c1cccnc1NC1CCSC1. The highest BCUT2D eigenvalue weighted by atomic mass is 32.2. The molecule has 0 bridgehead atoms. The van der Waals surface area contributed by atoms with Crippen LogP contribution in [-0.2, 0) is 6.18 Å². The topological polar surface area (TPSA) is 24.9 Å². The molecule has 88 valence electrons. The van der Waals surface area contributed by atoms with E-state index in [0.717, 1.165) is 24.0 Å². The van der Waals surface area contributed by atoms with E-state index in [1.165, 1.54) is 12.3 Å². The van der Waals surface area contributed by atoms with Gasteiger partial charge in [0.05, 0.1) is 5.56 Å². The van der Waals surface area contributed by atoms with Crippen LogP contribution in [-0.4, -0.2) is 22.5 Å². The van der Waals surface area contributed by atoms with E-state index in [9.17, 15) is 13.2 Å². The summed E-state index contributed by atoms with van der Waals surface area (Å²) in [5.74, 6) is 1.78. The lowest BCUT2D eigenvalue weighted by molar-refractivity contribution is -0.137. The van der Waals surface area contributed by atoms with Gasteiger partial charge in [0.1, 0.15) is 5.82 Å². The van der Waals surface area contributed by atoms with Gasteiger partial charge in [0.15, 0.2) is 0 Å². The van der Waals surface area contributed by atoms with Crippen molar-refractivity contribution in [1.82, 2.24) is 4.98 Å². The predicted octanol–water partition coefficient (Wildman–Crippen LogP) is 3.02. The van der Waals surface area contributed by atoms with Crippen LogP contribution >= 0.6 is 11.8 Å². The monoisotopic (exact) mass is 248 g/mol. The Labute approximate surface area is 95.6 Å². The van der Waals surface area contributed by atoms with E-state index in [1.807, 2.05) is 0 Å². The van der Waals surface area contributed by atoms with Crippen molar-refractivity contribution >= 4 is 17.6 Å². The van der Waals surface area contributed by atoms with Crippen molar-refractivity contribution < 1.29 is 13.2 Å². The summed E-state index contributed by atoms with van der Waals surface area (Å²) in [5.41, 5.74) is -0.688. The number of halogens is 3. The van der Waals surface area contributed by atoms with Crippen LogP contribution in [0, 0.1) is 0 Å². The Morgan fingerprint density at radius 3 is 2.88 bits per heavy atom. The van der Waals surface area contributed by atoms with Crippen molar-refractivity contribution in [3.63, 3.8) is 0 Å². The van der Waals surface area contributed by atoms with Gasteiger partial charge >= 0.3 is 6.18 Å². The van der Waals surface area contributed by atoms with Gasteiger partial charge in [-0.25, -0.2) is 4.98 Å². The van der Waals surface area contributed by atoms with Crippen LogP contribution in [0.2, 0.25) is 0 Å². The molecule has 0 spiro atoms. The molecule has 0 aromatic carbocycles. The van der Waals surface area contributed by atoms with Crippen LogP contribution in [0.3, 0.4) is 0 Å². The first-order chi connectivity index (χ1) is 7.57. The molecule has 2 heterocycles. The van der Waals surface area contributed by atoms with Crippen molar-refractivity contribution in [2.24, 2.45) is 0 Å². The zero-order valence-corrected chi connectivity index (χ0v) is 9.24. The molecule has 16 heavy (non-hydrogen) atoms. The first-order valence-corrected chi connectivity index (χ1v) is 6.09. The summed E-state index contributed by atoms with van der Waals surface area (Å²) >= 11 is 1.74. The van der Waals surface area contributed by atoms with Gasteiger partial charge in [-0.3, -0.25) is 0 Å². The quantitative estimate of drug-likeness (QED) is 0.870. The van der Waals surface area contributed by atoms with Gasteiger partial charge in [-0.1, -0.05) is 0 Å². The highest BCUT2D eigenvalue weighted by molar-refractivity contribution is 7.99. The number of pyridine rings is 1. The summed E-state index contributed by atoms with van der Waals surface area (Å²) in [6.07, 6.45) is -2.08. The molecule has 1 fully saturated rings. The van der Waals surface area contributed by atoms with E-state index < -0.39 is 11.7 Å². The smallest absolute Gasteiger partial charge is 0.366 e. The molecule has 0 radical (unpaired) electrons. The molecule has 1 atom stereocenters. The van der Waals surface area contributed by atoms with Crippen molar-refractivity contribution in [3.05, 3.63) is 23.9 Å². The molecule has 0 amide bonds. The average molecular weight is 248 g/mol. The van der Waals surface area contributed by atoms with Crippen LogP contribution in [0.5, 0.6) is 0 Å². The number of rotatable bonds is 2. The molecule has 1 N–H and O–H groups in total. The maximum Gasteiger partial charge on any atom is 0.419 e. The molecule has 6 heteroatoms. The summed E-state index contributed by atoms with van der Waals surface area (Å²) in [6, 6.07) is 2.45. The number of aromatic nitrogens is 1. The third-order valence-corrected chi connectivity index (χ3v) is 3.55. The highest BCUT2D eigenvalue weighted by Crippen LogP contribution is 2.34. The predicted molar refractivity (Wildman–Crippen MR) is 58.6 cm³/mol. The number of alkyl halides is 3. The molecule has 2 nitrogen and oxygen atoms in total. The lowest BCUT2D eigenvalue weighted by atomic mass is 10.2. The fourth-order valence-electron chi connectivity index (χ4n) is 1.59. The van der Waals surface area contributed by atoms with Gasteiger partial charge < -0.3 is 5.32 Å². The molecule has 0 aliphatic carbocycles. The summed E-state index contributed by atoms with van der Waals surface area (Å²) in [7, 11) is 0. The maximum atomic E-state index is 12.6. The highest BCUT2D eigenvalue weighted by Gasteiger charge is 2.34. The molecule has 0 saturated carbocycles. The zero-order chi connectivity index (χ0) is 11.6. The fraction of sp³-hybridized carbons (Fsp3) is 0.500. The molecular formula is C10H11F3N2S. The standard InChI is InChI=1S/C10H11F3N2S/c11-10(12,13)8-2-1-4-14-9(8)15-7-3-5-16-6-7/h1-2,4,7H,3,5-6H2,(H,14,15). The largest absolute Gasteiger partial charge is 0.419 e. The molecular weight excluding hydrogens is 237 g/mol. The van der Waals surface area contributed by atoms with Gasteiger partial charge in [0, 0.05) is 18.0 Å². The van der Waals surface area contributed by atoms with Gasteiger partial charge in [0.2, 0.25) is 0 Å². The molecule has 1 unspecified atom stereocenters. The second-order valence-electron chi connectivity index (χ2n) is 3.60. The van der Waals surface area contributed by atoms with E-state index in [2.05, 4.69) is 10.3 Å². The van der Waals surface area contributed by atoms with Crippen LogP contribution in [0.1, 0.15) is 12.0 Å². The minimum absolute atomic E-state index is 0.0532. The van der Waals surface area contributed by atoms with Crippen LogP contribution in [0.15, 0.2) is 18.3 Å². The normalized spacial score (nSPS) is 21.1. The minimum atomic E-state index is -4.34. The first-order valence-electron chi connectivity index (χ1n) is 4.94. The molecule has 1 aromatic heterocycles. The number of anilines is 1. The molecule has 2 rings (SSSR count). The maximum absolute atomic E-state index is 12.6. The summed E-state index contributed by atoms with van der Waals surface area (Å²) in [5, 5.41) is 2.86. The van der Waals surface area contributed by atoms with E-state index in [0.29, 0.717) is 0 Å². The lowest BCUT2D eigenvalue weighted by Gasteiger charge is -2.16. The van der Waals surface area contributed by atoms with Gasteiger partial charge in [-0.05, 0) is 24.3 Å². The van der Waals surface area contributed by atoms with Gasteiger partial charge in [0.25, 0.3) is 0 Å². The van der Waals surface area contributed by atoms with E-state index in [1.54, 1.807) is 11.8 Å². The molecule has 1 aromatic rings. The second kappa shape index (κ2) is 4.53. The molecule has 1 aliphatic rings. The number of hydrogen-bond acceptors (Lipinski definition) is 3. The van der Waals surface area contributed by atoms with E-state index >= 15 is 0 Å². The summed E-state index contributed by atoms with van der Waals surface area (Å²) in [4.78, 5) is 3.77. The Hall–Kier alpha value is -0.910. The van der Waals surface area contributed by atoms with Crippen LogP contribution in [0.4, 0.5) is 19.0 Å². The molecule has 1 aliphatic heterocycles. The van der Waals surface area contributed by atoms with Crippen molar-refractivity contribution in [2.75, 3.05) is 16.8 Å². The first kappa shape index (κ1) is 11.6. The van der Waals surface area contributed by atoms with Crippen molar-refractivity contribution in [1.29, 1.82) is 0 Å². The zero-order valence-electron chi connectivity index (χ0n) is 8.42. The van der Waals surface area contributed by atoms with Crippen molar-refractivity contribution in [2.45, 2.75) is 18.6 Å². The Balaban J connectivity index is 2.19. The Morgan fingerprint density at radius 1 is 1.44 bits per heavy atom.